The van der Waals surface area contributed by atoms with Crippen LogP contribution in [0, 0.1) is 13.8 Å². The quantitative estimate of drug-likeness (QED) is 0.505. The second-order valence-electron chi connectivity index (χ2n) is 7.92. The van der Waals surface area contributed by atoms with Crippen LogP contribution in [0.1, 0.15) is 34.5 Å². The third-order valence-electron chi connectivity index (χ3n) is 5.59. The normalized spacial score (nSPS) is 11.9. The SMILES string of the molecule is Cc1nn(Cc2ccccc2)c(C)c1CNC(=O)COC(=O)CCc1ccc2c(c1)OCO2. The van der Waals surface area contributed by atoms with Gasteiger partial charge in [-0.3, -0.25) is 14.3 Å². The summed E-state index contributed by atoms with van der Waals surface area (Å²) in [4.78, 5) is 24.2. The highest BCUT2D eigenvalue weighted by Gasteiger charge is 2.15. The van der Waals surface area contributed by atoms with E-state index >= 15 is 0 Å². The minimum atomic E-state index is -0.425. The van der Waals surface area contributed by atoms with Crippen molar-refractivity contribution >= 4 is 11.9 Å². The number of esters is 1. The first-order valence-electron chi connectivity index (χ1n) is 10.9. The van der Waals surface area contributed by atoms with Crippen molar-refractivity contribution in [2.24, 2.45) is 0 Å². The molecular weight excluding hydrogens is 422 g/mol. The number of nitrogens with one attached hydrogen (secondary N) is 1. The van der Waals surface area contributed by atoms with E-state index in [4.69, 9.17) is 14.2 Å². The van der Waals surface area contributed by atoms with E-state index in [0.29, 0.717) is 31.0 Å². The smallest absolute Gasteiger partial charge is 0.306 e. The van der Waals surface area contributed by atoms with Crippen molar-refractivity contribution in [1.82, 2.24) is 15.1 Å². The Morgan fingerprint density at radius 1 is 1.06 bits per heavy atom. The van der Waals surface area contributed by atoms with Crippen molar-refractivity contribution in [3.8, 4) is 11.5 Å². The van der Waals surface area contributed by atoms with Crippen LogP contribution >= 0.6 is 0 Å². The Morgan fingerprint density at radius 2 is 1.85 bits per heavy atom. The van der Waals surface area contributed by atoms with Crippen molar-refractivity contribution in [2.45, 2.75) is 39.8 Å². The first-order chi connectivity index (χ1) is 16.0. The summed E-state index contributed by atoms with van der Waals surface area (Å²) >= 11 is 0. The number of aromatic nitrogens is 2. The Balaban J connectivity index is 1.21. The van der Waals surface area contributed by atoms with Gasteiger partial charge in [-0.15, -0.1) is 0 Å². The fourth-order valence-corrected chi connectivity index (χ4v) is 3.70. The first kappa shape index (κ1) is 22.4. The Morgan fingerprint density at radius 3 is 2.67 bits per heavy atom. The van der Waals surface area contributed by atoms with Crippen molar-refractivity contribution in [1.29, 1.82) is 0 Å². The summed E-state index contributed by atoms with van der Waals surface area (Å²) in [5.41, 5.74) is 4.93. The van der Waals surface area contributed by atoms with Crippen LogP contribution < -0.4 is 14.8 Å². The lowest BCUT2D eigenvalue weighted by Crippen LogP contribution is -2.28. The molecule has 8 nitrogen and oxygen atoms in total. The molecule has 1 aliphatic heterocycles. The molecule has 0 aliphatic carbocycles. The average molecular weight is 450 g/mol. The number of amides is 1. The summed E-state index contributed by atoms with van der Waals surface area (Å²) in [5, 5.41) is 7.41. The summed E-state index contributed by atoms with van der Waals surface area (Å²) in [7, 11) is 0. The monoisotopic (exact) mass is 449 g/mol. The molecule has 0 unspecified atom stereocenters. The van der Waals surface area contributed by atoms with Crippen molar-refractivity contribution in [3.05, 3.63) is 76.6 Å². The maximum absolute atomic E-state index is 12.2. The number of ether oxygens (including phenoxy) is 3. The highest BCUT2D eigenvalue weighted by atomic mass is 16.7. The Hall–Kier alpha value is -3.81. The van der Waals surface area contributed by atoms with Gasteiger partial charge in [0.1, 0.15) is 0 Å². The van der Waals surface area contributed by atoms with Gasteiger partial charge in [0.15, 0.2) is 18.1 Å². The molecule has 2 heterocycles. The Bertz CT molecular complexity index is 1140. The fraction of sp³-hybridized carbons (Fsp3) is 0.320. The topological polar surface area (TPSA) is 91.7 Å². The van der Waals surface area contributed by atoms with Crippen LogP contribution in [0.15, 0.2) is 48.5 Å². The van der Waals surface area contributed by atoms with Crippen LogP contribution in [-0.4, -0.2) is 35.1 Å². The average Bonchev–Trinajstić information content (AvgIpc) is 3.39. The highest BCUT2D eigenvalue weighted by Crippen LogP contribution is 2.32. The molecule has 0 atom stereocenters. The van der Waals surface area contributed by atoms with Crippen LogP contribution in [0.4, 0.5) is 0 Å². The van der Waals surface area contributed by atoms with Gasteiger partial charge in [0.2, 0.25) is 6.79 Å². The molecule has 0 radical (unpaired) electrons. The van der Waals surface area contributed by atoms with E-state index in [1.165, 1.54) is 0 Å². The summed E-state index contributed by atoms with van der Waals surface area (Å²) in [6.45, 7) is 4.81. The minimum Gasteiger partial charge on any atom is -0.456 e. The first-order valence-corrected chi connectivity index (χ1v) is 10.9. The molecule has 8 heteroatoms. The molecule has 0 saturated heterocycles. The van der Waals surface area contributed by atoms with Gasteiger partial charge >= 0.3 is 5.97 Å². The van der Waals surface area contributed by atoms with Gasteiger partial charge < -0.3 is 19.5 Å². The number of benzene rings is 2. The van der Waals surface area contributed by atoms with E-state index < -0.39 is 5.97 Å². The molecule has 1 N–H and O–H groups in total. The number of carbonyl (C=O) groups excluding carboxylic acids is 2. The summed E-state index contributed by atoms with van der Waals surface area (Å²) in [6.07, 6.45) is 0.674. The molecule has 1 aromatic heterocycles. The van der Waals surface area contributed by atoms with Crippen LogP contribution in [0.2, 0.25) is 0 Å². The zero-order chi connectivity index (χ0) is 23.2. The number of aryl methyl sites for hydroxylation is 2. The predicted molar refractivity (Wildman–Crippen MR) is 121 cm³/mol. The van der Waals surface area contributed by atoms with Crippen molar-refractivity contribution in [3.63, 3.8) is 0 Å². The van der Waals surface area contributed by atoms with E-state index in [-0.39, 0.29) is 25.7 Å². The lowest BCUT2D eigenvalue weighted by molar-refractivity contribution is -0.148. The van der Waals surface area contributed by atoms with E-state index in [1.807, 2.05) is 54.9 Å². The van der Waals surface area contributed by atoms with Crippen molar-refractivity contribution < 1.29 is 23.8 Å². The molecule has 4 rings (SSSR count). The highest BCUT2D eigenvalue weighted by molar-refractivity contribution is 5.80. The largest absolute Gasteiger partial charge is 0.456 e. The maximum Gasteiger partial charge on any atom is 0.306 e. The predicted octanol–water partition coefficient (Wildman–Crippen LogP) is 3.07. The summed E-state index contributed by atoms with van der Waals surface area (Å²) in [5.74, 6) is 0.610. The van der Waals surface area contributed by atoms with Crippen LogP contribution in [0.5, 0.6) is 11.5 Å². The number of fused-ring (bicyclic) bond motifs is 1. The molecule has 3 aromatic rings. The zero-order valence-electron chi connectivity index (χ0n) is 18.8. The third kappa shape index (κ3) is 5.71. The molecule has 172 valence electrons. The second-order valence-corrected chi connectivity index (χ2v) is 7.92. The van der Waals surface area contributed by atoms with Crippen LogP contribution in [0.3, 0.4) is 0 Å². The zero-order valence-corrected chi connectivity index (χ0v) is 18.8. The van der Waals surface area contributed by atoms with Gasteiger partial charge in [-0.05, 0) is 43.5 Å². The van der Waals surface area contributed by atoms with Gasteiger partial charge in [0, 0.05) is 24.2 Å². The molecular formula is C25H27N3O5. The van der Waals surface area contributed by atoms with Gasteiger partial charge in [-0.2, -0.15) is 5.10 Å². The van der Waals surface area contributed by atoms with E-state index in [0.717, 1.165) is 28.1 Å². The lowest BCUT2D eigenvalue weighted by Gasteiger charge is -2.08. The Labute approximate surface area is 192 Å². The molecule has 1 amide bonds. The number of hydrogen-bond donors (Lipinski definition) is 1. The lowest BCUT2D eigenvalue weighted by atomic mass is 10.1. The van der Waals surface area contributed by atoms with Crippen molar-refractivity contribution in [2.75, 3.05) is 13.4 Å². The number of nitrogens with zero attached hydrogens (tertiary/aromatic N) is 2. The van der Waals surface area contributed by atoms with E-state index in [2.05, 4.69) is 22.5 Å². The molecule has 0 fully saturated rings. The van der Waals surface area contributed by atoms with Gasteiger partial charge in [0.05, 0.1) is 12.2 Å². The van der Waals surface area contributed by atoms with Crippen LogP contribution in [-0.2, 0) is 33.8 Å². The van der Waals surface area contributed by atoms with Gasteiger partial charge in [0.25, 0.3) is 5.91 Å². The molecule has 0 saturated carbocycles. The maximum atomic E-state index is 12.2. The number of hydrogen-bond acceptors (Lipinski definition) is 6. The summed E-state index contributed by atoms with van der Waals surface area (Å²) in [6, 6.07) is 15.6. The molecule has 0 spiro atoms. The minimum absolute atomic E-state index is 0.178. The number of carbonyl (C=O) groups is 2. The molecule has 1 aliphatic rings. The van der Waals surface area contributed by atoms with E-state index in [1.54, 1.807) is 0 Å². The van der Waals surface area contributed by atoms with Crippen LogP contribution in [0.25, 0.3) is 0 Å². The molecule has 2 aromatic carbocycles. The second kappa shape index (κ2) is 10.2. The molecule has 33 heavy (non-hydrogen) atoms. The standard InChI is InChI=1S/C25H27N3O5/c1-17-21(18(2)28(27-17)14-20-6-4-3-5-7-20)13-26-24(29)15-31-25(30)11-9-19-8-10-22-23(12-19)33-16-32-22/h3-8,10,12H,9,11,13-16H2,1-2H3,(H,26,29). The fourth-order valence-electron chi connectivity index (χ4n) is 3.70. The Kier molecular flexibility index (Phi) is 6.92. The van der Waals surface area contributed by atoms with Gasteiger partial charge in [-0.1, -0.05) is 36.4 Å². The molecule has 0 bridgehead atoms. The van der Waals surface area contributed by atoms with E-state index in [9.17, 15) is 9.59 Å². The number of rotatable bonds is 9. The van der Waals surface area contributed by atoms with Gasteiger partial charge in [-0.25, -0.2) is 0 Å². The third-order valence-corrected chi connectivity index (χ3v) is 5.59. The summed E-state index contributed by atoms with van der Waals surface area (Å²) < 4.78 is 17.7.